The molecule has 0 aliphatic carbocycles. The van der Waals surface area contributed by atoms with Gasteiger partial charge in [0.05, 0.1) is 6.26 Å². The second-order valence-electron chi connectivity index (χ2n) is 6.41. The Bertz CT molecular complexity index is 683. The van der Waals surface area contributed by atoms with Crippen LogP contribution < -0.4 is 5.32 Å². The van der Waals surface area contributed by atoms with Gasteiger partial charge in [0.2, 0.25) is 5.91 Å². The van der Waals surface area contributed by atoms with Crippen LogP contribution in [0.2, 0.25) is 0 Å². The van der Waals surface area contributed by atoms with Crippen LogP contribution in [-0.4, -0.2) is 60.0 Å². The fourth-order valence-electron chi connectivity index (χ4n) is 3.15. The van der Waals surface area contributed by atoms with Gasteiger partial charge in [0.1, 0.15) is 5.71 Å². The van der Waals surface area contributed by atoms with Gasteiger partial charge >= 0.3 is 0 Å². The quantitative estimate of drug-likeness (QED) is 0.874. The molecule has 8 heteroatoms. The first kappa shape index (κ1) is 17.2. The summed E-state index contributed by atoms with van der Waals surface area (Å²) in [6.45, 7) is 1.75. The molecule has 25 heavy (non-hydrogen) atoms. The van der Waals surface area contributed by atoms with Crippen LogP contribution in [0.3, 0.4) is 0 Å². The maximum atomic E-state index is 12.6. The number of hydrogen-bond acceptors (Lipinski definition) is 5. The molecule has 3 heterocycles. The van der Waals surface area contributed by atoms with Crippen molar-refractivity contribution in [1.82, 2.24) is 15.2 Å². The first-order chi connectivity index (χ1) is 12.0. The van der Waals surface area contributed by atoms with Gasteiger partial charge in [0, 0.05) is 39.5 Å². The van der Waals surface area contributed by atoms with Crippen LogP contribution in [0.25, 0.3) is 0 Å². The summed E-state index contributed by atoms with van der Waals surface area (Å²) in [7, 11) is 1.57. The molecule has 0 bridgehead atoms. The summed E-state index contributed by atoms with van der Waals surface area (Å²) in [5.74, 6) is 0.0496. The van der Waals surface area contributed by atoms with Gasteiger partial charge in [0.15, 0.2) is 5.76 Å². The van der Waals surface area contributed by atoms with Crippen LogP contribution in [0.5, 0.6) is 0 Å². The molecule has 3 rings (SSSR count). The van der Waals surface area contributed by atoms with E-state index in [1.54, 1.807) is 24.1 Å². The Balaban J connectivity index is 1.54. The van der Waals surface area contributed by atoms with E-state index in [-0.39, 0.29) is 29.4 Å². The van der Waals surface area contributed by atoms with Crippen molar-refractivity contribution < 1.29 is 18.8 Å². The largest absolute Gasteiger partial charge is 0.459 e. The summed E-state index contributed by atoms with van der Waals surface area (Å²) in [4.78, 5) is 37.8. The van der Waals surface area contributed by atoms with Crippen LogP contribution in [0.15, 0.2) is 27.9 Å². The van der Waals surface area contributed by atoms with Crippen LogP contribution in [0, 0.1) is 5.92 Å². The highest BCUT2D eigenvalue weighted by Crippen LogP contribution is 2.18. The fraction of sp³-hybridized carbons (Fsp3) is 0.529. The number of carbonyl (C=O) groups excluding carboxylic acids is 3. The molecule has 0 unspecified atom stereocenters. The lowest BCUT2D eigenvalue weighted by Crippen LogP contribution is -2.47. The van der Waals surface area contributed by atoms with Crippen molar-refractivity contribution in [3.05, 3.63) is 24.2 Å². The van der Waals surface area contributed by atoms with Gasteiger partial charge < -0.3 is 14.6 Å². The van der Waals surface area contributed by atoms with E-state index in [0.717, 1.165) is 12.8 Å². The number of amides is 3. The van der Waals surface area contributed by atoms with E-state index in [1.165, 1.54) is 11.3 Å². The standard InChI is InChI=1S/C17H22N4O4/c1-20-15(22)7-6-13(19-20)17(24)21-8-2-4-12(11-21)10-18-16(23)14-5-3-9-25-14/h3,5,9,12H,2,4,6-8,10-11H2,1H3,(H,18,23)/t12-/m0/s1. The monoisotopic (exact) mass is 346 g/mol. The molecule has 1 fully saturated rings. The third-order valence-corrected chi connectivity index (χ3v) is 4.56. The highest BCUT2D eigenvalue weighted by Gasteiger charge is 2.29. The first-order valence-electron chi connectivity index (χ1n) is 8.49. The molecule has 0 saturated carbocycles. The van der Waals surface area contributed by atoms with Gasteiger partial charge in [0.25, 0.3) is 11.8 Å². The second-order valence-corrected chi connectivity index (χ2v) is 6.41. The number of piperidine rings is 1. The number of carbonyl (C=O) groups is 3. The maximum absolute atomic E-state index is 12.6. The molecule has 1 aromatic rings. The average molecular weight is 346 g/mol. The fourth-order valence-corrected chi connectivity index (χ4v) is 3.15. The highest BCUT2D eigenvalue weighted by atomic mass is 16.3. The van der Waals surface area contributed by atoms with Crippen molar-refractivity contribution in [3.63, 3.8) is 0 Å². The number of hydrogen-bond donors (Lipinski definition) is 1. The van der Waals surface area contributed by atoms with Crippen LogP contribution in [0.4, 0.5) is 0 Å². The lowest BCUT2D eigenvalue weighted by molar-refractivity contribution is -0.131. The number of furan rings is 1. The van der Waals surface area contributed by atoms with Crippen molar-refractivity contribution in [1.29, 1.82) is 0 Å². The third-order valence-electron chi connectivity index (χ3n) is 4.56. The summed E-state index contributed by atoms with van der Waals surface area (Å²) < 4.78 is 5.07. The Morgan fingerprint density at radius 2 is 2.24 bits per heavy atom. The van der Waals surface area contributed by atoms with E-state index in [4.69, 9.17) is 4.42 Å². The zero-order valence-electron chi connectivity index (χ0n) is 14.2. The number of rotatable bonds is 4. The molecule has 1 N–H and O–H groups in total. The second kappa shape index (κ2) is 7.50. The molecule has 2 aliphatic rings. The molecule has 134 valence electrons. The predicted molar refractivity (Wildman–Crippen MR) is 89.8 cm³/mol. The van der Waals surface area contributed by atoms with E-state index >= 15 is 0 Å². The minimum atomic E-state index is -0.245. The molecule has 0 spiro atoms. The zero-order valence-corrected chi connectivity index (χ0v) is 14.2. The molecule has 3 amide bonds. The molecule has 1 aromatic heterocycles. The number of nitrogens with one attached hydrogen (secondary N) is 1. The lowest BCUT2D eigenvalue weighted by atomic mass is 9.97. The van der Waals surface area contributed by atoms with Crippen molar-refractivity contribution in [3.8, 4) is 0 Å². The summed E-state index contributed by atoms with van der Waals surface area (Å²) in [5.41, 5.74) is 0.433. The Labute approximate surface area is 145 Å². The minimum Gasteiger partial charge on any atom is -0.459 e. The maximum Gasteiger partial charge on any atom is 0.286 e. The predicted octanol–water partition coefficient (Wildman–Crippen LogP) is 0.856. The summed E-state index contributed by atoms with van der Waals surface area (Å²) in [6, 6.07) is 3.29. The molecule has 1 saturated heterocycles. The van der Waals surface area contributed by atoms with Crippen molar-refractivity contribution in [2.75, 3.05) is 26.7 Å². The molecule has 1 atom stereocenters. The SMILES string of the molecule is CN1N=C(C(=O)N2CCC[C@@H](CNC(=O)c3ccco3)C2)CCC1=O. The molecule has 0 radical (unpaired) electrons. The summed E-state index contributed by atoms with van der Waals surface area (Å²) >= 11 is 0. The zero-order chi connectivity index (χ0) is 17.8. The molecule has 0 aromatic carbocycles. The van der Waals surface area contributed by atoms with E-state index in [0.29, 0.717) is 38.2 Å². The third kappa shape index (κ3) is 4.07. The van der Waals surface area contributed by atoms with E-state index in [2.05, 4.69) is 10.4 Å². The van der Waals surface area contributed by atoms with E-state index in [9.17, 15) is 14.4 Å². The van der Waals surface area contributed by atoms with Gasteiger partial charge in [-0.05, 0) is 30.9 Å². The molecular weight excluding hydrogens is 324 g/mol. The topological polar surface area (TPSA) is 95.2 Å². The summed E-state index contributed by atoms with van der Waals surface area (Å²) in [6.07, 6.45) is 4.00. The Hall–Kier alpha value is -2.64. The van der Waals surface area contributed by atoms with Gasteiger partial charge in [-0.25, -0.2) is 5.01 Å². The highest BCUT2D eigenvalue weighted by molar-refractivity contribution is 6.39. The molecule has 2 aliphatic heterocycles. The van der Waals surface area contributed by atoms with Crippen LogP contribution >= 0.6 is 0 Å². The van der Waals surface area contributed by atoms with Gasteiger partial charge in [-0.2, -0.15) is 5.10 Å². The van der Waals surface area contributed by atoms with Gasteiger partial charge in [-0.1, -0.05) is 0 Å². The normalized spacial score (nSPS) is 21.1. The van der Waals surface area contributed by atoms with E-state index in [1.807, 2.05) is 0 Å². The van der Waals surface area contributed by atoms with Crippen molar-refractivity contribution in [2.45, 2.75) is 25.7 Å². The van der Waals surface area contributed by atoms with Crippen molar-refractivity contribution in [2.24, 2.45) is 11.0 Å². The van der Waals surface area contributed by atoms with Crippen LogP contribution in [-0.2, 0) is 9.59 Å². The Kier molecular flexibility index (Phi) is 5.16. The molecular formula is C17H22N4O4. The Morgan fingerprint density at radius 3 is 2.96 bits per heavy atom. The summed E-state index contributed by atoms with van der Waals surface area (Å²) in [5, 5.41) is 8.19. The smallest absolute Gasteiger partial charge is 0.286 e. The lowest BCUT2D eigenvalue weighted by Gasteiger charge is -2.33. The molecule has 8 nitrogen and oxygen atoms in total. The van der Waals surface area contributed by atoms with Gasteiger partial charge in [-0.15, -0.1) is 0 Å². The van der Waals surface area contributed by atoms with E-state index < -0.39 is 0 Å². The minimum absolute atomic E-state index is 0.0753. The van der Waals surface area contributed by atoms with Gasteiger partial charge in [-0.3, -0.25) is 14.4 Å². The first-order valence-corrected chi connectivity index (χ1v) is 8.49. The average Bonchev–Trinajstić information content (AvgIpc) is 3.16. The number of nitrogens with zero attached hydrogens (tertiary/aromatic N) is 3. The van der Waals surface area contributed by atoms with Crippen LogP contribution in [0.1, 0.15) is 36.2 Å². The van der Waals surface area contributed by atoms with Crippen molar-refractivity contribution >= 4 is 23.4 Å². The number of likely N-dealkylation sites (tertiary alicyclic amines) is 1. The Morgan fingerprint density at radius 1 is 1.40 bits per heavy atom. The number of hydrazone groups is 1.